The van der Waals surface area contributed by atoms with Crippen LogP contribution in [0.4, 0.5) is 5.69 Å². The molecule has 6 nitrogen and oxygen atoms in total. The lowest BCUT2D eigenvalue weighted by Crippen LogP contribution is -2.42. The maximum absolute atomic E-state index is 12.6. The zero-order chi connectivity index (χ0) is 24.4. The Morgan fingerprint density at radius 3 is 2.65 bits per heavy atom. The Morgan fingerprint density at radius 2 is 1.88 bits per heavy atom. The largest absolute Gasteiger partial charge is 0.479 e. The van der Waals surface area contributed by atoms with E-state index in [0.29, 0.717) is 27.3 Å². The van der Waals surface area contributed by atoms with Crippen LogP contribution >= 0.6 is 35.4 Å². The Morgan fingerprint density at radius 1 is 1.09 bits per heavy atom. The molecule has 1 heterocycles. The lowest BCUT2D eigenvalue weighted by atomic mass is 10.1. The van der Waals surface area contributed by atoms with Crippen LogP contribution in [0.25, 0.3) is 22.6 Å². The third-order valence-corrected chi connectivity index (χ3v) is 5.81. The summed E-state index contributed by atoms with van der Waals surface area (Å²) in [5, 5.41) is 6.63. The monoisotopic (exact) mass is 513 g/mol. The van der Waals surface area contributed by atoms with Crippen molar-refractivity contribution >= 4 is 63.2 Å². The molecule has 0 fully saturated rings. The first-order chi connectivity index (χ1) is 16.2. The van der Waals surface area contributed by atoms with Crippen molar-refractivity contribution in [2.45, 2.75) is 26.9 Å². The summed E-state index contributed by atoms with van der Waals surface area (Å²) in [6, 6.07) is 16.4. The van der Waals surface area contributed by atoms with Crippen molar-refractivity contribution in [1.29, 1.82) is 0 Å². The molecule has 0 aliphatic rings. The van der Waals surface area contributed by atoms with E-state index < -0.39 is 12.0 Å². The molecule has 0 aliphatic heterocycles. The Labute approximate surface area is 212 Å². The normalized spacial score (nSPS) is 11.8. The van der Waals surface area contributed by atoms with Crippen LogP contribution in [0.5, 0.6) is 5.75 Å². The van der Waals surface area contributed by atoms with Crippen molar-refractivity contribution < 1.29 is 13.9 Å². The minimum atomic E-state index is -0.839. The highest BCUT2D eigenvalue weighted by Crippen LogP contribution is 2.29. The summed E-state index contributed by atoms with van der Waals surface area (Å²) in [7, 11) is 0. The van der Waals surface area contributed by atoms with Gasteiger partial charge in [0.05, 0.1) is 5.02 Å². The topological polar surface area (TPSA) is 76.4 Å². The van der Waals surface area contributed by atoms with Gasteiger partial charge < -0.3 is 14.5 Å². The van der Waals surface area contributed by atoms with Gasteiger partial charge in [-0.2, -0.15) is 0 Å². The third kappa shape index (κ3) is 5.50. The van der Waals surface area contributed by atoms with Gasteiger partial charge in [0.1, 0.15) is 11.3 Å². The highest BCUT2D eigenvalue weighted by atomic mass is 35.5. The van der Waals surface area contributed by atoms with Crippen LogP contribution in [0.15, 0.2) is 59.0 Å². The van der Waals surface area contributed by atoms with Crippen LogP contribution in [-0.4, -0.2) is 22.1 Å². The number of hydrogen-bond acceptors (Lipinski definition) is 5. The fourth-order valence-corrected chi connectivity index (χ4v) is 3.90. The number of amides is 1. The number of anilines is 1. The zero-order valence-corrected chi connectivity index (χ0v) is 20.9. The Hall–Kier alpha value is -3.13. The van der Waals surface area contributed by atoms with Crippen molar-refractivity contribution in [3.63, 3.8) is 0 Å². The van der Waals surface area contributed by atoms with Gasteiger partial charge in [0.15, 0.2) is 16.8 Å². The number of benzene rings is 3. The van der Waals surface area contributed by atoms with E-state index >= 15 is 0 Å². The van der Waals surface area contributed by atoms with Crippen LogP contribution in [-0.2, 0) is 4.79 Å². The summed E-state index contributed by atoms with van der Waals surface area (Å²) in [4.78, 5) is 17.2. The van der Waals surface area contributed by atoms with Crippen molar-refractivity contribution in [2.24, 2.45) is 0 Å². The van der Waals surface area contributed by atoms with E-state index in [2.05, 4.69) is 15.6 Å². The van der Waals surface area contributed by atoms with Crippen molar-refractivity contribution in [1.82, 2.24) is 10.3 Å². The van der Waals surface area contributed by atoms with E-state index in [4.69, 9.17) is 44.6 Å². The maximum Gasteiger partial charge on any atom is 0.266 e. The van der Waals surface area contributed by atoms with E-state index in [1.54, 1.807) is 25.1 Å². The molecular formula is C25H21Cl2N3O3S. The van der Waals surface area contributed by atoms with Crippen LogP contribution in [0, 0.1) is 13.8 Å². The average Bonchev–Trinajstić information content (AvgIpc) is 3.20. The van der Waals surface area contributed by atoms with E-state index in [-0.39, 0.29) is 5.11 Å². The second-order valence-electron chi connectivity index (χ2n) is 7.80. The number of hydrogen-bond donors (Lipinski definition) is 2. The second kappa shape index (κ2) is 10.0. The van der Waals surface area contributed by atoms with E-state index in [1.165, 1.54) is 0 Å². The van der Waals surface area contributed by atoms with E-state index in [0.717, 1.165) is 27.9 Å². The summed E-state index contributed by atoms with van der Waals surface area (Å²) >= 11 is 17.4. The Balaban J connectivity index is 1.44. The third-order valence-electron chi connectivity index (χ3n) is 5.08. The number of carbonyl (C=O) groups excluding carboxylic acids is 1. The van der Waals surface area contributed by atoms with E-state index in [1.807, 2.05) is 50.2 Å². The van der Waals surface area contributed by atoms with Gasteiger partial charge in [0.2, 0.25) is 5.89 Å². The Bertz CT molecular complexity index is 1400. The highest BCUT2D eigenvalue weighted by Gasteiger charge is 2.18. The average molecular weight is 514 g/mol. The van der Waals surface area contributed by atoms with E-state index in [9.17, 15) is 4.79 Å². The minimum absolute atomic E-state index is 0.135. The Kier molecular flexibility index (Phi) is 7.07. The van der Waals surface area contributed by atoms with Crippen molar-refractivity contribution in [3.8, 4) is 17.2 Å². The molecule has 3 aromatic carbocycles. The number of aryl methyl sites for hydroxylation is 2. The molecule has 0 aliphatic carbocycles. The number of halogens is 2. The summed E-state index contributed by atoms with van der Waals surface area (Å²) in [6.07, 6.45) is -0.839. The van der Waals surface area contributed by atoms with Crippen LogP contribution in [0.2, 0.25) is 10.0 Å². The molecule has 0 saturated heterocycles. The van der Waals surface area contributed by atoms with Crippen LogP contribution < -0.4 is 15.4 Å². The SMILES string of the molecule is Cc1ccc2oc(-c3ccc(C)c(NC(=S)NC(=O)C(C)Oc4ccc(Cl)cc4Cl)c3)nc2c1. The summed E-state index contributed by atoms with van der Waals surface area (Å²) < 4.78 is 11.5. The molecule has 9 heteroatoms. The van der Waals surface area contributed by atoms with Gasteiger partial charge in [0, 0.05) is 16.3 Å². The fourth-order valence-electron chi connectivity index (χ4n) is 3.23. The predicted octanol–water partition coefficient (Wildman–Crippen LogP) is 6.70. The quantitative estimate of drug-likeness (QED) is 0.289. The lowest BCUT2D eigenvalue weighted by Gasteiger charge is -2.17. The number of rotatable bonds is 5. The molecule has 1 amide bonds. The van der Waals surface area contributed by atoms with Crippen LogP contribution in [0.3, 0.4) is 0 Å². The van der Waals surface area contributed by atoms with Gasteiger partial charge in [-0.1, -0.05) is 35.3 Å². The first-order valence-corrected chi connectivity index (χ1v) is 11.6. The van der Waals surface area contributed by atoms with Crippen LogP contribution in [0.1, 0.15) is 18.1 Å². The number of carbonyl (C=O) groups is 1. The molecule has 0 saturated carbocycles. The number of oxazole rings is 1. The smallest absolute Gasteiger partial charge is 0.266 e. The lowest BCUT2D eigenvalue weighted by molar-refractivity contribution is -0.125. The molecule has 1 atom stereocenters. The fraction of sp³-hybridized carbons (Fsp3) is 0.160. The second-order valence-corrected chi connectivity index (χ2v) is 9.05. The molecule has 4 rings (SSSR count). The zero-order valence-electron chi connectivity index (χ0n) is 18.6. The van der Waals surface area contributed by atoms with Gasteiger partial charge >= 0.3 is 0 Å². The first kappa shape index (κ1) is 24.0. The molecule has 1 aromatic heterocycles. The van der Waals surface area contributed by atoms with Gasteiger partial charge in [-0.3, -0.25) is 10.1 Å². The minimum Gasteiger partial charge on any atom is -0.479 e. The maximum atomic E-state index is 12.6. The number of ether oxygens (including phenoxy) is 1. The summed E-state index contributed by atoms with van der Waals surface area (Å²) in [5.74, 6) is 0.428. The number of aromatic nitrogens is 1. The number of nitrogens with zero attached hydrogens (tertiary/aromatic N) is 1. The summed E-state index contributed by atoms with van der Waals surface area (Å²) in [6.45, 7) is 5.54. The highest BCUT2D eigenvalue weighted by molar-refractivity contribution is 7.80. The molecule has 2 N–H and O–H groups in total. The molecule has 0 radical (unpaired) electrons. The molecule has 0 spiro atoms. The molecule has 0 bridgehead atoms. The molecular weight excluding hydrogens is 493 g/mol. The molecule has 34 heavy (non-hydrogen) atoms. The summed E-state index contributed by atoms with van der Waals surface area (Å²) in [5.41, 5.74) is 5.05. The standard InChI is InChI=1S/C25H21Cl2N3O3S/c1-13-4-8-22-20(10-13)28-24(33-22)16-6-5-14(2)19(11-16)29-25(34)30-23(31)15(3)32-21-9-7-17(26)12-18(21)27/h4-12,15H,1-3H3,(H2,29,30,31,34). The van der Waals surface area contributed by atoms with Gasteiger partial charge in [-0.05, 0) is 86.6 Å². The van der Waals surface area contributed by atoms with Gasteiger partial charge in [0.25, 0.3) is 5.91 Å². The number of nitrogens with one attached hydrogen (secondary N) is 2. The van der Waals surface area contributed by atoms with Crippen molar-refractivity contribution in [2.75, 3.05) is 5.32 Å². The molecule has 174 valence electrons. The molecule has 4 aromatic rings. The number of thiocarbonyl (C=S) groups is 1. The van der Waals surface area contributed by atoms with Crippen molar-refractivity contribution in [3.05, 3.63) is 75.8 Å². The van der Waals surface area contributed by atoms with Gasteiger partial charge in [-0.15, -0.1) is 0 Å². The number of fused-ring (bicyclic) bond motifs is 1. The predicted molar refractivity (Wildman–Crippen MR) is 140 cm³/mol. The molecule has 1 unspecified atom stereocenters. The first-order valence-electron chi connectivity index (χ1n) is 10.4. The van der Waals surface area contributed by atoms with Gasteiger partial charge in [-0.25, -0.2) is 4.98 Å².